The van der Waals surface area contributed by atoms with Crippen molar-refractivity contribution in [1.29, 1.82) is 0 Å². The Labute approximate surface area is 178 Å². The summed E-state index contributed by atoms with van der Waals surface area (Å²) in [6, 6.07) is 24.9. The summed E-state index contributed by atoms with van der Waals surface area (Å²) in [4.78, 5) is 42.7. The molecule has 4 rings (SSSR count). The number of nitrogens with one attached hydrogen (secondary N) is 2. The van der Waals surface area contributed by atoms with Crippen LogP contribution in [0, 0.1) is 0 Å². The third-order valence-electron chi connectivity index (χ3n) is 4.75. The van der Waals surface area contributed by atoms with Crippen molar-refractivity contribution in [3.8, 4) is 0 Å². The van der Waals surface area contributed by atoms with E-state index in [9.17, 15) is 14.4 Å². The number of amides is 2. The molecular weight excluding hydrogens is 392 g/mol. The maximum Gasteiger partial charge on any atom is 0.280 e. The lowest BCUT2D eigenvalue weighted by atomic mass is 10.2. The molecule has 0 unspecified atom stereocenters. The molecule has 0 spiro atoms. The molecule has 0 saturated heterocycles. The Bertz CT molecular complexity index is 1280. The second-order valence-electron chi connectivity index (χ2n) is 6.93. The summed E-state index contributed by atoms with van der Waals surface area (Å²) in [6.07, 6.45) is -0.165. The molecule has 4 aromatic rings. The molecule has 3 aromatic carbocycles. The van der Waals surface area contributed by atoms with Crippen LogP contribution in [0.1, 0.15) is 21.7 Å². The number of carbonyl (C=O) groups is 2. The van der Waals surface area contributed by atoms with Gasteiger partial charge in [0.1, 0.15) is 5.82 Å². The molecule has 2 N–H and O–H groups in total. The van der Waals surface area contributed by atoms with Crippen LogP contribution in [0.5, 0.6) is 0 Å². The van der Waals surface area contributed by atoms with Crippen molar-refractivity contribution in [2.45, 2.75) is 13.0 Å². The maximum absolute atomic E-state index is 13.1. The van der Waals surface area contributed by atoms with Gasteiger partial charge in [0.25, 0.3) is 11.5 Å². The van der Waals surface area contributed by atoms with Crippen molar-refractivity contribution in [1.82, 2.24) is 15.0 Å². The van der Waals surface area contributed by atoms with Gasteiger partial charge in [-0.2, -0.15) is 0 Å². The lowest BCUT2D eigenvalue weighted by Crippen LogP contribution is -2.38. The Morgan fingerprint density at radius 3 is 2.23 bits per heavy atom. The van der Waals surface area contributed by atoms with Crippen LogP contribution in [-0.4, -0.2) is 21.5 Å². The number of nitrogens with zero attached hydrogens (tertiary/aromatic N) is 2. The molecular formula is C24H20N4O3. The molecule has 31 heavy (non-hydrogen) atoms. The van der Waals surface area contributed by atoms with Gasteiger partial charge in [0, 0.05) is 12.1 Å². The van der Waals surface area contributed by atoms with Crippen molar-refractivity contribution < 1.29 is 9.59 Å². The first-order valence-corrected chi connectivity index (χ1v) is 9.79. The van der Waals surface area contributed by atoms with E-state index in [0.717, 1.165) is 10.2 Å². The smallest absolute Gasteiger partial charge is 0.280 e. The van der Waals surface area contributed by atoms with Crippen LogP contribution in [0.15, 0.2) is 89.7 Å². The predicted molar refractivity (Wildman–Crippen MR) is 118 cm³/mol. The fraction of sp³-hybridized carbons (Fsp3) is 0.0833. The average Bonchev–Trinajstić information content (AvgIpc) is 2.81. The van der Waals surface area contributed by atoms with Gasteiger partial charge >= 0.3 is 0 Å². The summed E-state index contributed by atoms with van der Waals surface area (Å²) in [5.74, 6) is -0.627. The second-order valence-corrected chi connectivity index (χ2v) is 6.93. The third-order valence-corrected chi connectivity index (χ3v) is 4.75. The molecule has 0 saturated carbocycles. The van der Waals surface area contributed by atoms with Crippen LogP contribution in [0.3, 0.4) is 0 Å². The zero-order chi connectivity index (χ0) is 21.6. The molecule has 0 atom stereocenters. The summed E-state index contributed by atoms with van der Waals surface area (Å²) < 4.78 is 1.06. The second kappa shape index (κ2) is 9.04. The molecule has 0 aliphatic heterocycles. The highest BCUT2D eigenvalue weighted by Gasteiger charge is 2.17. The van der Waals surface area contributed by atoms with Gasteiger partial charge < -0.3 is 5.32 Å². The Morgan fingerprint density at radius 1 is 0.839 bits per heavy atom. The highest BCUT2D eigenvalue weighted by Crippen LogP contribution is 2.09. The normalized spacial score (nSPS) is 10.6. The molecule has 7 nitrogen and oxygen atoms in total. The highest BCUT2D eigenvalue weighted by atomic mass is 16.2. The van der Waals surface area contributed by atoms with Crippen LogP contribution in [0.4, 0.5) is 0 Å². The molecule has 0 aliphatic carbocycles. The predicted octanol–water partition coefficient (Wildman–Crippen LogP) is 2.64. The average molecular weight is 412 g/mol. The van der Waals surface area contributed by atoms with Crippen molar-refractivity contribution >= 4 is 22.7 Å². The first kappa shape index (κ1) is 20.0. The van der Waals surface area contributed by atoms with E-state index in [-0.39, 0.29) is 18.2 Å². The standard InChI is InChI=1S/C24H20N4O3/c29-22(25-16-17-9-3-1-4-10-17)15-21-26-20-14-8-7-13-19(20)24(31)28(21)27-23(30)18-11-5-2-6-12-18/h1-14H,15-16H2,(H,25,29)(H,27,30). The van der Waals surface area contributed by atoms with E-state index in [1.807, 2.05) is 30.3 Å². The topological polar surface area (TPSA) is 93.1 Å². The van der Waals surface area contributed by atoms with Gasteiger partial charge in [-0.3, -0.25) is 19.8 Å². The van der Waals surface area contributed by atoms with E-state index in [1.54, 1.807) is 54.6 Å². The summed E-state index contributed by atoms with van der Waals surface area (Å²) in [7, 11) is 0. The third kappa shape index (κ3) is 4.67. The Hall–Kier alpha value is -4.26. The van der Waals surface area contributed by atoms with Gasteiger partial charge in [-0.15, -0.1) is 0 Å². The molecule has 1 heterocycles. The molecule has 7 heteroatoms. The Kier molecular flexibility index (Phi) is 5.84. The quantitative estimate of drug-likeness (QED) is 0.509. The molecule has 2 amide bonds. The van der Waals surface area contributed by atoms with Gasteiger partial charge in [-0.1, -0.05) is 60.7 Å². The van der Waals surface area contributed by atoms with E-state index in [1.165, 1.54) is 0 Å². The molecule has 1 aromatic heterocycles. The minimum Gasteiger partial charge on any atom is -0.352 e. The number of aromatic nitrogens is 2. The lowest BCUT2D eigenvalue weighted by molar-refractivity contribution is -0.120. The van der Waals surface area contributed by atoms with Crippen molar-refractivity contribution in [2.75, 3.05) is 5.43 Å². The SMILES string of the molecule is O=C(Cc1nc2ccccc2c(=O)n1NC(=O)c1ccccc1)NCc1ccccc1. The monoisotopic (exact) mass is 412 g/mol. The van der Waals surface area contributed by atoms with Gasteiger partial charge in [-0.25, -0.2) is 9.66 Å². The van der Waals surface area contributed by atoms with Gasteiger partial charge in [-0.05, 0) is 29.8 Å². The van der Waals surface area contributed by atoms with E-state index in [2.05, 4.69) is 15.7 Å². The lowest BCUT2D eigenvalue weighted by Gasteiger charge is -2.14. The molecule has 154 valence electrons. The summed E-state index contributed by atoms with van der Waals surface area (Å²) in [5.41, 5.74) is 3.95. The van der Waals surface area contributed by atoms with Gasteiger partial charge in [0.15, 0.2) is 0 Å². The number of hydrogen-bond acceptors (Lipinski definition) is 4. The zero-order valence-electron chi connectivity index (χ0n) is 16.6. The van der Waals surface area contributed by atoms with Crippen LogP contribution < -0.4 is 16.3 Å². The number of rotatable bonds is 6. The molecule has 0 aliphatic rings. The minimum absolute atomic E-state index is 0.151. The van der Waals surface area contributed by atoms with E-state index >= 15 is 0 Å². The first-order valence-electron chi connectivity index (χ1n) is 9.79. The summed E-state index contributed by atoms with van der Waals surface area (Å²) >= 11 is 0. The van der Waals surface area contributed by atoms with Crippen LogP contribution in [-0.2, 0) is 17.8 Å². The van der Waals surface area contributed by atoms with Crippen LogP contribution >= 0.6 is 0 Å². The zero-order valence-corrected chi connectivity index (χ0v) is 16.6. The molecule has 0 fully saturated rings. The largest absolute Gasteiger partial charge is 0.352 e. The minimum atomic E-state index is -0.467. The first-order chi connectivity index (χ1) is 15.1. The van der Waals surface area contributed by atoms with Crippen LogP contribution in [0.2, 0.25) is 0 Å². The maximum atomic E-state index is 13.1. The molecule has 0 bridgehead atoms. The summed E-state index contributed by atoms with van der Waals surface area (Å²) in [6.45, 7) is 0.355. The highest BCUT2D eigenvalue weighted by molar-refractivity contribution is 6.00. The number of fused-ring (bicyclic) bond motifs is 1. The number of benzene rings is 3. The van der Waals surface area contributed by atoms with Crippen LogP contribution in [0.25, 0.3) is 10.9 Å². The van der Waals surface area contributed by atoms with Crippen molar-refractivity contribution in [3.63, 3.8) is 0 Å². The number of hydrogen-bond donors (Lipinski definition) is 2. The number of carbonyl (C=O) groups excluding carboxylic acids is 2. The Morgan fingerprint density at radius 2 is 1.48 bits per heavy atom. The van der Waals surface area contributed by atoms with Gasteiger partial charge in [0.2, 0.25) is 5.91 Å². The fourth-order valence-electron chi connectivity index (χ4n) is 3.17. The summed E-state index contributed by atoms with van der Waals surface area (Å²) in [5, 5.41) is 3.17. The van der Waals surface area contributed by atoms with Gasteiger partial charge in [0.05, 0.1) is 17.3 Å². The van der Waals surface area contributed by atoms with E-state index in [0.29, 0.717) is 23.0 Å². The molecule has 0 radical (unpaired) electrons. The van der Waals surface area contributed by atoms with Crippen molar-refractivity contribution in [2.24, 2.45) is 0 Å². The Balaban J connectivity index is 1.63. The fourth-order valence-corrected chi connectivity index (χ4v) is 3.17. The van der Waals surface area contributed by atoms with E-state index < -0.39 is 11.5 Å². The number of para-hydroxylation sites is 1. The van der Waals surface area contributed by atoms with E-state index in [4.69, 9.17) is 0 Å². The van der Waals surface area contributed by atoms with Crippen molar-refractivity contribution in [3.05, 3.63) is 112 Å².